The summed E-state index contributed by atoms with van der Waals surface area (Å²) in [6, 6.07) is 0. The van der Waals surface area contributed by atoms with Gasteiger partial charge in [0.05, 0.1) is 32.0 Å². The number of nitrogens with zero attached hydrogens (tertiary/aromatic N) is 1. The maximum atomic E-state index is 5.10. The molecule has 4 aliphatic heterocycles. The highest BCUT2D eigenvalue weighted by atomic mass is 16.5. The molecule has 4 heterocycles. The van der Waals surface area contributed by atoms with Gasteiger partial charge in [0.2, 0.25) is 0 Å². The van der Waals surface area contributed by atoms with Gasteiger partial charge in [-0.2, -0.15) is 0 Å². The summed E-state index contributed by atoms with van der Waals surface area (Å²) in [5.41, 5.74) is 1.09. The van der Waals surface area contributed by atoms with Crippen LogP contribution in [0, 0.1) is 5.41 Å². The molecule has 15 heavy (non-hydrogen) atoms. The maximum Gasteiger partial charge on any atom is 0.0672 e. The Balaban J connectivity index is 0.0000000971. The summed E-state index contributed by atoms with van der Waals surface area (Å²) >= 11 is 0. The molecule has 0 radical (unpaired) electrons. The van der Waals surface area contributed by atoms with E-state index in [1.807, 2.05) is 0 Å². The van der Waals surface area contributed by atoms with Crippen molar-refractivity contribution in [1.29, 1.82) is 0 Å². The van der Waals surface area contributed by atoms with E-state index in [9.17, 15) is 0 Å². The first-order valence-electron chi connectivity index (χ1n) is 5.81. The fraction of sp³-hybridized carbons (Fsp3) is 1.00. The van der Waals surface area contributed by atoms with Gasteiger partial charge >= 0.3 is 0 Å². The molecular weight excluding hydrogens is 192 g/mol. The molecule has 1 N–H and O–H groups in total. The summed E-state index contributed by atoms with van der Waals surface area (Å²) < 4.78 is 10.1. The lowest BCUT2D eigenvalue weighted by atomic mass is 9.79. The number of hydrogen-bond donors (Lipinski definition) is 1. The third-order valence-corrected chi connectivity index (χ3v) is 3.89. The van der Waals surface area contributed by atoms with Crippen molar-refractivity contribution in [2.75, 3.05) is 53.1 Å². The van der Waals surface area contributed by atoms with Crippen molar-refractivity contribution in [3.63, 3.8) is 0 Å². The minimum atomic E-state index is 0.472. The highest BCUT2D eigenvalue weighted by molar-refractivity contribution is 5.01. The molecule has 0 aliphatic carbocycles. The average Bonchev–Trinajstić information content (AvgIpc) is 1.89. The fourth-order valence-electron chi connectivity index (χ4n) is 2.75. The van der Waals surface area contributed by atoms with Crippen LogP contribution in [0.2, 0.25) is 0 Å². The first-order valence-corrected chi connectivity index (χ1v) is 5.81. The van der Waals surface area contributed by atoms with Crippen LogP contribution in [0.3, 0.4) is 0 Å². The molecule has 0 bridgehead atoms. The molecular formula is C11H20N2O2. The molecule has 4 heteroatoms. The van der Waals surface area contributed by atoms with E-state index < -0.39 is 0 Å². The first kappa shape index (κ1) is 10.0. The monoisotopic (exact) mass is 212 g/mol. The molecule has 4 aliphatic rings. The highest BCUT2D eigenvalue weighted by Gasteiger charge is 2.47. The van der Waals surface area contributed by atoms with Gasteiger partial charge in [-0.3, -0.25) is 0 Å². The fourth-order valence-corrected chi connectivity index (χ4v) is 2.75. The Hall–Kier alpha value is -0.160. The van der Waals surface area contributed by atoms with Crippen molar-refractivity contribution in [3.8, 4) is 0 Å². The lowest BCUT2D eigenvalue weighted by molar-refractivity contribution is -0.182. The first-order chi connectivity index (χ1) is 7.22. The number of hydrogen-bond acceptors (Lipinski definition) is 4. The van der Waals surface area contributed by atoms with Crippen LogP contribution in [0.15, 0.2) is 0 Å². The maximum absolute atomic E-state index is 5.10. The zero-order chi connectivity index (χ0) is 10.4. The van der Waals surface area contributed by atoms with Gasteiger partial charge in [0.15, 0.2) is 0 Å². The average molecular weight is 212 g/mol. The summed E-state index contributed by atoms with van der Waals surface area (Å²) in [5.74, 6) is 0. The van der Waals surface area contributed by atoms with Crippen LogP contribution in [0.25, 0.3) is 0 Å². The van der Waals surface area contributed by atoms with Crippen molar-refractivity contribution in [3.05, 3.63) is 0 Å². The van der Waals surface area contributed by atoms with Crippen molar-refractivity contribution >= 4 is 0 Å². The van der Waals surface area contributed by atoms with Crippen molar-refractivity contribution in [2.24, 2.45) is 5.41 Å². The van der Waals surface area contributed by atoms with Gasteiger partial charge in [-0.25, -0.2) is 0 Å². The Kier molecular flexibility index (Phi) is 2.28. The standard InChI is InChI=1S/C6H11NO.C5H9NO/c1-7-2-6(3-7)4-8-5-6;1-2-6-5(1)3-7-4-5/h2-5H2,1H3;6H,1-4H2. The minimum Gasteiger partial charge on any atom is -0.380 e. The summed E-state index contributed by atoms with van der Waals surface area (Å²) in [4.78, 5) is 2.34. The van der Waals surface area contributed by atoms with Gasteiger partial charge in [-0.05, 0) is 20.0 Å². The SMILES string of the molecule is C1CC2(COC2)N1.CN1CC2(COC2)C1. The van der Waals surface area contributed by atoms with Crippen molar-refractivity contribution < 1.29 is 9.47 Å². The molecule has 0 atom stereocenters. The third-order valence-electron chi connectivity index (χ3n) is 3.89. The van der Waals surface area contributed by atoms with Gasteiger partial charge in [-0.15, -0.1) is 0 Å². The molecule has 0 amide bonds. The molecule has 4 fully saturated rings. The Morgan fingerprint density at radius 3 is 1.73 bits per heavy atom. The van der Waals surface area contributed by atoms with Gasteiger partial charge in [0.1, 0.15) is 0 Å². The lowest BCUT2D eigenvalue weighted by Gasteiger charge is -2.53. The zero-order valence-corrected chi connectivity index (χ0v) is 9.42. The Labute approximate surface area is 90.9 Å². The molecule has 0 unspecified atom stereocenters. The van der Waals surface area contributed by atoms with E-state index in [2.05, 4.69) is 17.3 Å². The van der Waals surface area contributed by atoms with E-state index >= 15 is 0 Å². The molecule has 0 aromatic carbocycles. The normalized spacial score (nSPS) is 34.2. The zero-order valence-electron chi connectivity index (χ0n) is 9.42. The van der Waals surface area contributed by atoms with E-state index in [4.69, 9.17) is 9.47 Å². The van der Waals surface area contributed by atoms with Crippen LogP contribution in [0.1, 0.15) is 6.42 Å². The molecule has 0 saturated carbocycles. The Bertz CT molecular complexity index is 221. The Morgan fingerprint density at radius 2 is 1.67 bits per heavy atom. The van der Waals surface area contributed by atoms with Crippen LogP contribution in [0.4, 0.5) is 0 Å². The molecule has 4 nitrogen and oxygen atoms in total. The van der Waals surface area contributed by atoms with Gasteiger partial charge in [0, 0.05) is 18.5 Å². The second-order valence-corrected chi connectivity index (χ2v) is 5.61. The topological polar surface area (TPSA) is 33.7 Å². The van der Waals surface area contributed by atoms with Crippen molar-refractivity contribution in [2.45, 2.75) is 12.0 Å². The minimum absolute atomic E-state index is 0.472. The van der Waals surface area contributed by atoms with E-state index in [1.54, 1.807) is 0 Å². The van der Waals surface area contributed by atoms with E-state index in [-0.39, 0.29) is 0 Å². The number of ether oxygens (including phenoxy) is 2. The van der Waals surface area contributed by atoms with Crippen LogP contribution < -0.4 is 5.32 Å². The third kappa shape index (κ3) is 1.69. The summed E-state index contributed by atoms with van der Waals surface area (Å²) in [6.45, 7) is 7.64. The van der Waals surface area contributed by atoms with Gasteiger partial charge in [0.25, 0.3) is 0 Å². The second kappa shape index (κ2) is 3.42. The Morgan fingerprint density at radius 1 is 1.07 bits per heavy atom. The number of nitrogens with one attached hydrogen (secondary N) is 1. The number of likely N-dealkylation sites (tertiary alicyclic amines) is 1. The van der Waals surface area contributed by atoms with Crippen LogP contribution >= 0.6 is 0 Å². The van der Waals surface area contributed by atoms with Gasteiger partial charge in [-0.1, -0.05) is 0 Å². The molecule has 4 rings (SSSR count). The van der Waals surface area contributed by atoms with E-state index in [0.717, 1.165) is 26.4 Å². The lowest BCUT2D eigenvalue weighted by Crippen LogP contribution is -2.68. The van der Waals surface area contributed by atoms with Gasteiger partial charge < -0.3 is 19.7 Å². The summed E-state index contributed by atoms with van der Waals surface area (Å²) in [5, 5.41) is 3.33. The predicted octanol–water partition coefficient (Wildman–Crippen LogP) is -0.303. The van der Waals surface area contributed by atoms with E-state index in [1.165, 1.54) is 26.1 Å². The smallest absolute Gasteiger partial charge is 0.0672 e. The predicted molar refractivity (Wildman–Crippen MR) is 56.9 cm³/mol. The molecule has 86 valence electrons. The van der Waals surface area contributed by atoms with Crippen molar-refractivity contribution in [1.82, 2.24) is 10.2 Å². The molecule has 0 aromatic rings. The number of rotatable bonds is 0. The van der Waals surface area contributed by atoms with Crippen LogP contribution in [-0.2, 0) is 9.47 Å². The second-order valence-electron chi connectivity index (χ2n) is 5.61. The van der Waals surface area contributed by atoms with Crippen LogP contribution in [0.5, 0.6) is 0 Å². The molecule has 4 saturated heterocycles. The summed E-state index contributed by atoms with van der Waals surface area (Å²) in [6.07, 6.45) is 1.33. The van der Waals surface area contributed by atoms with E-state index in [0.29, 0.717) is 11.0 Å². The van der Waals surface area contributed by atoms with Crippen LogP contribution in [-0.4, -0.2) is 63.5 Å². The quantitative estimate of drug-likeness (QED) is 0.597. The largest absolute Gasteiger partial charge is 0.380 e. The summed E-state index contributed by atoms with van der Waals surface area (Å²) in [7, 11) is 2.16. The molecule has 0 aromatic heterocycles. The highest BCUT2D eigenvalue weighted by Crippen LogP contribution is 2.35. The molecule has 2 spiro atoms.